The van der Waals surface area contributed by atoms with E-state index in [9.17, 15) is 9.90 Å². The molecule has 0 aliphatic heterocycles. The maximum Gasteiger partial charge on any atom is 0.255 e. The Balaban J connectivity index is 2.63. The van der Waals surface area contributed by atoms with Gasteiger partial charge >= 0.3 is 0 Å². The summed E-state index contributed by atoms with van der Waals surface area (Å²) in [6, 6.07) is 4.91. The Morgan fingerprint density at radius 1 is 1.42 bits per heavy atom. The Kier molecular flexibility index (Phi) is 6.31. The molecule has 4 nitrogen and oxygen atoms in total. The smallest absolute Gasteiger partial charge is 0.255 e. The lowest BCUT2D eigenvalue weighted by Crippen LogP contribution is -2.41. The molecule has 0 heterocycles. The summed E-state index contributed by atoms with van der Waals surface area (Å²) in [6.45, 7) is 8.87. The Hall–Kier alpha value is -1.07. The highest BCUT2D eigenvalue weighted by molar-refractivity contribution is 9.10. The second-order valence-electron chi connectivity index (χ2n) is 4.52. The quantitative estimate of drug-likeness (QED) is 0.844. The van der Waals surface area contributed by atoms with E-state index in [2.05, 4.69) is 40.0 Å². The standard InChI is InChI=1S/C14H21BrN2O2/c1-4-17(5-2)9-10(3)16-14(19)12-7-6-11(15)8-13(12)18/h6-8,10,18H,4-5,9H2,1-3H3,(H,16,19). The number of amides is 1. The van der Waals surface area contributed by atoms with Crippen molar-refractivity contribution in [3.8, 4) is 5.75 Å². The van der Waals surface area contributed by atoms with E-state index >= 15 is 0 Å². The van der Waals surface area contributed by atoms with Crippen LogP contribution in [0.15, 0.2) is 22.7 Å². The SMILES string of the molecule is CCN(CC)CC(C)NC(=O)c1ccc(Br)cc1O. The van der Waals surface area contributed by atoms with Gasteiger partial charge in [-0.3, -0.25) is 4.79 Å². The lowest BCUT2D eigenvalue weighted by atomic mass is 10.1. The number of nitrogens with zero attached hydrogens (tertiary/aromatic N) is 1. The highest BCUT2D eigenvalue weighted by Gasteiger charge is 2.15. The first-order chi connectivity index (χ1) is 8.97. The normalized spacial score (nSPS) is 12.5. The molecule has 1 rings (SSSR count). The van der Waals surface area contributed by atoms with Gasteiger partial charge in [0.05, 0.1) is 5.56 Å². The minimum absolute atomic E-state index is 0.0121. The molecule has 0 saturated carbocycles. The predicted molar refractivity (Wildman–Crippen MR) is 80.5 cm³/mol. The van der Waals surface area contributed by atoms with Gasteiger partial charge in [0.15, 0.2) is 0 Å². The van der Waals surface area contributed by atoms with E-state index in [1.165, 1.54) is 6.07 Å². The van der Waals surface area contributed by atoms with Crippen LogP contribution in [0.2, 0.25) is 0 Å². The van der Waals surface area contributed by atoms with Crippen molar-refractivity contribution in [2.75, 3.05) is 19.6 Å². The molecule has 1 aromatic carbocycles. The number of aromatic hydroxyl groups is 1. The molecule has 1 atom stereocenters. The number of halogens is 1. The van der Waals surface area contributed by atoms with E-state index in [-0.39, 0.29) is 17.7 Å². The third-order valence-corrected chi connectivity index (χ3v) is 3.50. The molecule has 0 spiro atoms. The van der Waals surface area contributed by atoms with Crippen LogP contribution < -0.4 is 5.32 Å². The van der Waals surface area contributed by atoms with Crippen LogP contribution in [0.4, 0.5) is 0 Å². The molecule has 5 heteroatoms. The highest BCUT2D eigenvalue weighted by Crippen LogP contribution is 2.22. The van der Waals surface area contributed by atoms with Gasteiger partial charge in [0.2, 0.25) is 0 Å². The van der Waals surface area contributed by atoms with E-state index < -0.39 is 0 Å². The van der Waals surface area contributed by atoms with E-state index in [0.29, 0.717) is 5.56 Å². The molecule has 106 valence electrons. The summed E-state index contributed by atoms with van der Waals surface area (Å²) in [7, 11) is 0. The zero-order valence-electron chi connectivity index (χ0n) is 11.6. The monoisotopic (exact) mass is 328 g/mol. The first-order valence-electron chi connectivity index (χ1n) is 6.49. The predicted octanol–water partition coefficient (Wildman–Crippen LogP) is 2.61. The van der Waals surface area contributed by atoms with Crippen LogP contribution in [0.25, 0.3) is 0 Å². The molecule has 1 unspecified atom stereocenters. The average molecular weight is 329 g/mol. The number of phenols is 1. The van der Waals surface area contributed by atoms with Gasteiger partial charge in [0.25, 0.3) is 5.91 Å². The molecular formula is C14H21BrN2O2. The second-order valence-corrected chi connectivity index (χ2v) is 5.44. The summed E-state index contributed by atoms with van der Waals surface area (Å²) in [4.78, 5) is 14.3. The number of nitrogens with one attached hydrogen (secondary N) is 1. The topological polar surface area (TPSA) is 52.6 Å². The Morgan fingerprint density at radius 3 is 2.58 bits per heavy atom. The van der Waals surface area contributed by atoms with Crippen LogP contribution in [-0.4, -0.2) is 41.6 Å². The van der Waals surface area contributed by atoms with Gasteiger partial charge < -0.3 is 15.3 Å². The van der Waals surface area contributed by atoms with Crippen molar-refractivity contribution in [3.05, 3.63) is 28.2 Å². The van der Waals surface area contributed by atoms with E-state index in [0.717, 1.165) is 24.1 Å². The molecule has 0 fully saturated rings. The molecule has 0 aromatic heterocycles. The largest absolute Gasteiger partial charge is 0.507 e. The zero-order valence-corrected chi connectivity index (χ0v) is 13.2. The number of benzene rings is 1. The van der Waals surface area contributed by atoms with Crippen LogP contribution >= 0.6 is 15.9 Å². The fraction of sp³-hybridized carbons (Fsp3) is 0.500. The van der Waals surface area contributed by atoms with Crippen LogP contribution in [-0.2, 0) is 0 Å². The molecule has 19 heavy (non-hydrogen) atoms. The minimum atomic E-state index is -0.246. The molecule has 2 N–H and O–H groups in total. The van der Waals surface area contributed by atoms with E-state index in [1.807, 2.05) is 6.92 Å². The molecular weight excluding hydrogens is 308 g/mol. The summed E-state index contributed by atoms with van der Waals surface area (Å²) in [5.41, 5.74) is 0.301. The van der Waals surface area contributed by atoms with Crippen LogP contribution in [0.5, 0.6) is 5.75 Å². The Labute approximate surface area is 122 Å². The van der Waals surface area contributed by atoms with Crippen molar-refractivity contribution in [2.45, 2.75) is 26.8 Å². The molecule has 0 bridgehead atoms. The van der Waals surface area contributed by atoms with Gasteiger partial charge in [-0.1, -0.05) is 29.8 Å². The number of hydrogen-bond donors (Lipinski definition) is 2. The lowest BCUT2D eigenvalue weighted by molar-refractivity contribution is 0.0927. The summed E-state index contributed by atoms with van der Waals surface area (Å²) in [5, 5.41) is 12.6. The van der Waals surface area contributed by atoms with Crippen molar-refractivity contribution >= 4 is 21.8 Å². The molecule has 0 radical (unpaired) electrons. The number of rotatable bonds is 6. The fourth-order valence-corrected chi connectivity index (χ4v) is 2.26. The zero-order chi connectivity index (χ0) is 14.4. The van der Waals surface area contributed by atoms with E-state index in [4.69, 9.17) is 0 Å². The van der Waals surface area contributed by atoms with Crippen LogP contribution in [0.1, 0.15) is 31.1 Å². The van der Waals surface area contributed by atoms with Crippen molar-refractivity contribution in [3.63, 3.8) is 0 Å². The van der Waals surface area contributed by atoms with Crippen molar-refractivity contribution < 1.29 is 9.90 Å². The summed E-state index contributed by atoms with van der Waals surface area (Å²) >= 11 is 3.25. The molecule has 1 amide bonds. The maximum atomic E-state index is 12.0. The van der Waals surface area contributed by atoms with Gasteiger partial charge in [-0.2, -0.15) is 0 Å². The molecule has 1 aromatic rings. The number of likely N-dealkylation sites (N-methyl/N-ethyl adjacent to an activating group) is 1. The lowest BCUT2D eigenvalue weighted by Gasteiger charge is -2.23. The summed E-state index contributed by atoms with van der Waals surface area (Å²) in [5.74, 6) is -0.258. The highest BCUT2D eigenvalue weighted by atomic mass is 79.9. The summed E-state index contributed by atoms with van der Waals surface area (Å²) in [6.07, 6.45) is 0. The van der Waals surface area contributed by atoms with Gasteiger partial charge in [-0.05, 0) is 38.2 Å². The first-order valence-corrected chi connectivity index (χ1v) is 7.28. The first kappa shape index (κ1) is 16.0. The Morgan fingerprint density at radius 2 is 2.05 bits per heavy atom. The number of carbonyl (C=O) groups is 1. The minimum Gasteiger partial charge on any atom is -0.507 e. The van der Waals surface area contributed by atoms with Crippen molar-refractivity contribution in [1.29, 1.82) is 0 Å². The average Bonchev–Trinajstić information content (AvgIpc) is 2.35. The maximum absolute atomic E-state index is 12.0. The third-order valence-electron chi connectivity index (χ3n) is 3.01. The Bertz CT molecular complexity index is 433. The molecule has 0 aliphatic rings. The van der Waals surface area contributed by atoms with Crippen LogP contribution in [0.3, 0.4) is 0 Å². The number of hydrogen-bond acceptors (Lipinski definition) is 3. The van der Waals surface area contributed by atoms with Crippen LogP contribution in [0, 0.1) is 0 Å². The van der Waals surface area contributed by atoms with Crippen molar-refractivity contribution in [2.24, 2.45) is 0 Å². The second kappa shape index (κ2) is 7.50. The third kappa shape index (κ3) is 4.84. The van der Waals surface area contributed by atoms with Gasteiger partial charge in [0, 0.05) is 17.1 Å². The van der Waals surface area contributed by atoms with Gasteiger partial charge in [0.1, 0.15) is 5.75 Å². The number of carbonyl (C=O) groups excluding carboxylic acids is 1. The van der Waals surface area contributed by atoms with Gasteiger partial charge in [-0.25, -0.2) is 0 Å². The summed E-state index contributed by atoms with van der Waals surface area (Å²) < 4.78 is 0.748. The fourth-order valence-electron chi connectivity index (χ4n) is 1.91. The van der Waals surface area contributed by atoms with Gasteiger partial charge in [-0.15, -0.1) is 0 Å². The van der Waals surface area contributed by atoms with E-state index in [1.54, 1.807) is 12.1 Å². The molecule has 0 aliphatic carbocycles. The molecule has 0 saturated heterocycles. The van der Waals surface area contributed by atoms with Crippen molar-refractivity contribution in [1.82, 2.24) is 10.2 Å². The number of phenolic OH excluding ortho intramolecular Hbond substituents is 1.